The molecule has 1 heterocycles. The molecule has 0 fully saturated rings. The van der Waals surface area contributed by atoms with E-state index in [0.717, 1.165) is 10.5 Å². The van der Waals surface area contributed by atoms with Crippen molar-refractivity contribution in [3.05, 3.63) is 53.7 Å². The van der Waals surface area contributed by atoms with Gasteiger partial charge in [0, 0.05) is 24.5 Å². The lowest BCUT2D eigenvalue weighted by molar-refractivity contribution is -0.137. The summed E-state index contributed by atoms with van der Waals surface area (Å²) in [7, 11) is 4.42. The summed E-state index contributed by atoms with van der Waals surface area (Å²) in [6, 6.07) is 11.8. The molecular weight excluding hydrogens is 462 g/mol. The number of carbonyl (C=O) groups is 3. The Bertz CT molecular complexity index is 1250. The molecule has 3 rings (SSSR count). The standard InChI is InChI=1S/C27H33N3O6/c1-17(2)11-12-29(25-22(35-5)13-18(3)14-23(25)36-6)27(34)28(4)26(33)21-15-19-9-7-8-10-20(19)30(21)16-24(31)32/h7-10,13-15,17H,11-12,16H2,1-6H3,(H,31,32). The molecule has 0 aliphatic carbocycles. The molecule has 0 saturated carbocycles. The topological polar surface area (TPSA) is 101 Å². The number of fused-ring (bicyclic) bond motifs is 1. The van der Waals surface area contributed by atoms with E-state index in [9.17, 15) is 19.5 Å². The number of ether oxygens (including phenoxy) is 2. The molecule has 0 aliphatic rings. The summed E-state index contributed by atoms with van der Waals surface area (Å²) >= 11 is 0. The van der Waals surface area contributed by atoms with Crippen LogP contribution in [0.4, 0.5) is 10.5 Å². The van der Waals surface area contributed by atoms with E-state index in [1.54, 1.807) is 42.5 Å². The van der Waals surface area contributed by atoms with Crippen LogP contribution in [0.3, 0.4) is 0 Å². The fraction of sp³-hybridized carbons (Fsp3) is 0.370. The molecule has 0 spiro atoms. The van der Waals surface area contributed by atoms with Gasteiger partial charge in [0.1, 0.15) is 29.4 Å². The highest BCUT2D eigenvalue weighted by Gasteiger charge is 2.31. The van der Waals surface area contributed by atoms with E-state index in [1.807, 2.05) is 20.8 Å². The Morgan fingerprint density at radius 2 is 1.64 bits per heavy atom. The van der Waals surface area contributed by atoms with Crippen LogP contribution in [0.25, 0.3) is 10.9 Å². The fourth-order valence-electron chi connectivity index (χ4n) is 4.11. The van der Waals surface area contributed by atoms with Crippen LogP contribution in [0, 0.1) is 12.8 Å². The van der Waals surface area contributed by atoms with Crippen LogP contribution >= 0.6 is 0 Å². The Hall–Kier alpha value is -4.01. The van der Waals surface area contributed by atoms with E-state index in [-0.39, 0.29) is 5.69 Å². The molecule has 0 saturated heterocycles. The van der Waals surface area contributed by atoms with Crippen molar-refractivity contribution >= 4 is 34.5 Å². The fourth-order valence-corrected chi connectivity index (χ4v) is 4.11. The minimum absolute atomic E-state index is 0.112. The zero-order valence-electron chi connectivity index (χ0n) is 21.6. The largest absolute Gasteiger partial charge is 0.494 e. The minimum atomic E-state index is -1.09. The van der Waals surface area contributed by atoms with Gasteiger partial charge in [0.2, 0.25) is 0 Å². The molecule has 36 heavy (non-hydrogen) atoms. The molecule has 0 aliphatic heterocycles. The van der Waals surface area contributed by atoms with Gasteiger partial charge in [-0.05, 0) is 49.1 Å². The van der Waals surface area contributed by atoms with Crippen molar-refractivity contribution < 1.29 is 29.0 Å². The number of aliphatic carboxylic acids is 1. The normalized spacial score (nSPS) is 11.0. The number of carboxylic acid groups (broad SMARTS) is 1. The minimum Gasteiger partial charge on any atom is -0.494 e. The predicted octanol–water partition coefficient (Wildman–Crippen LogP) is 4.80. The number of hydrogen-bond acceptors (Lipinski definition) is 5. The third-order valence-electron chi connectivity index (χ3n) is 5.97. The maximum absolute atomic E-state index is 13.8. The maximum atomic E-state index is 13.8. The smallest absolute Gasteiger partial charge is 0.331 e. The zero-order chi connectivity index (χ0) is 26.6. The van der Waals surface area contributed by atoms with Crippen molar-refractivity contribution in [2.45, 2.75) is 33.7 Å². The van der Waals surface area contributed by atoms with Gasteiger partial charge >= 0.3 is 12.0 Å². The first-order chi connectivity index (χ1) is 17.1. The second kappa shape index (κ2) is 11.2. The third kappa shape index (κ3) is 5.45. The number of urea groups is 1. The number of aryl methyl sites for hydroxylation is 1. The highest BCUT2D eigenvalue weighted by molar-refractivity contribution is 6.10. The van der Waals surface area contributed by atoms with Gasteiger partial charge in [-0.25, -0.2) is 4.79 Å². The first kappa shape index (κ1) is 26.6. The monoisotopic (exact) mass is 495 g/mol. The molecular formula is C27H33N3O6. The number of amides is 3. The number of carboxylic acids is 1. The predicted molar refractivity (Wildman–Crippen MR) is 138 cm³/mol. The summed E-state index contributed by atoms with van der Waals surface area (Å²) in [6.45, 7) is 5.90. The number of nitrogens with zero attached hydrogens (tertiary/aromatic N) is 3. The van der Waals surface area contributed by atoms with Gasteiger partial charge in [-0.15, -0.1) is 0 Å². The van der Waals surface area contributed by atoms with E-state index < -0.39 is 24.5 Å². The number of imide groups is 1. The Morgan fingerprint density at radius 1 is 1.03 bits per heavy atom. The molecule has 0 atom stereocenters. The molecule has 1 aromatic heterocycles. The number of aromatic nitrogens is 1. The van der Waals surface area contributed by atoms with Crippen molar-refractivity contribution in [1.82, 2.24) is 9.47 Å². The third-order valence-corrected chi connectivity index (χ3v) is 5.97. The molecule has 9 heteroatoms. The van der Waals surface area contributed by atoms with Gasteiger partial charge in [-0.1, -0.05) is 32.0 Å². The summed E-state index contributed by atoms with van der Waals surface area (Å²) in [5.41, 5.74) is 2.04. The van der Waals surface area contributed by atoms with Crippen LogP contribution in [0.5, 0.6) is 11.5 Å². The van der Waals surface area contributed by atoms with E-state index in [0.29, 0.717) is 47.0 Å². The number of methoxy groups -OCH3 is 2. The summed E-state index contributed by atoms with van der Waals surface area (Å²) in [5.74, 6) is -0.513. The molecule has 0 radical (unpaired) electrons. The zero-order valence-corrected chi connectivity index (χ0v) is 21.6. The van der Waals surface area contributed by atoms with Crippen LogP contribution in [0.1, 0.15) is 36.3 Å². The van der Waals surface area contributed by atoms with Crippen LogP contribution in [0.15, 0.2) is 42.5 Å². The van der Waals surface area contributed by atoms with Gasteiger partial charge in [0.25, 0.3) is 5.91 Å². The van der Waals surface area contributed by atoms with E-state index >= 15 is 0 Å². The number of rotatable bonds is 9. The average Bonchev–Trinajstić information content (AvgIpc) is 3.20. The number of para-hydroxylation sites is 1. The summed E-state index contributed by atoms with van der Waals surface area (Å²) in [4.78, 5) is 41.5. The van der Waals surface area contributed by atoms with Crippen molar-refractivity contribution in [3.8, 4) is 11.5 Å². The second-order valence-electron chi connectivity index (χ2n) is 9.07. The molecule has 3 amide bonds. The van der Waals surface area contributed by atoms with Gasteiger partial charge < -0.3 is 19.1 Å². The molecule has 3 aromatic rings. The average molecular weight is 496 g/mol. The van der Waals surface area contributed by atoms with Crippen molar-refractivity contribution in [2.24, 2.45) is 5.92 Å². The maximum Gasteiger partial charge on any atom is 0.331 e. The Balaban J connectivity index is 2.07. The summed E-state index contributed by atoms with van der Waals surface area (Å²) in [5, 5.41) is 10.2. The van der Waals surface area contributed by atoms with E-state index in [1.165, 1.54) is 30.7 Å². The first-order valence-electron chi connectivity index (χ1n) is 11.7. The second-order valence-corrected chi connectivity index (χ2v) is 9.07. The number of benzene rings is 2. The van der Waals surface area contributed by atoms with E-state index in [4.69, 9.17) is 9.47 Å². The number of anilines is 1. The Morgan fingerprint density at radius 3 is 2.19 bits per heavy atom. The summed E-state index contributed by atoms with van der Waals surface area (Å²) < 4.78 is 12.6. The van der Waals surface area contributed by atoms with Crippen LogP contribution in [-0.4, -0.2) is 60.3 Å². The number of hydrogen-bond donors (Lipinski definition) is 1. The Kier molecular flexibility index (Phi) is 8.24. The van der Waals surface area contributed by atoms with Crippen LogP contribution in [-0.2, 0) is 11.3 Å². The molecule has 192 valence electrons. The van der Waals surface area contributed by atoms with Gasteiger partial charge in [0.05, 0.1) is 14.2 Å². The van der Waals surface area contributed by atoms with Crippen molar-refractivity contribution in [1.29, 1.82) is 0 Å². The quantitative estimate of drug-likeness (QED) is 0.458. The van der Waals surface area contributed by atoms with Gasteiger partial charge in [-0.3, -0.25) is 19.4 Å². The summed E-state index contributed by atoms with van der Waals surface area (Å²) in [6.07, 6.45) is 0.674. The molecule has 1 N–H and O–H groups in total. The highest BCUT2D eigenvalue weighted by Crippen LogP contribution is 2.40. The van der Waals surface area contributed by atoms with E-state index in [2.05, 4.69) is 0 Å². The molecule has 2 aromatic carbocycles. The van der Waals surface area contributed by atoms with Gasteiger partial charge in [-0.2, -0.15) is 0 Å². The molecule has 9 nitrogen and oxygen atoms in total. The molecule has 0 unspecified atom stereocenters. The van der Waals surface area contributed by atoms with Crippen LogP contribution in [0.2, 0.25) is 0 Å². The van der Waals surface area contributed by atoms with Crippen molar-refractivity contribution in [3.63, 3.8) is 0 Å². The van der Waals surface area contributed by atoms with Crippen LogP contribution < -0.4 is 14.4 Å². The lowest BCUT2D eigenvalue weighted by atomic mass is 10.1. The number of carbonyl (C=O) groups excluding carboxylic acids is 2. The first-order valence-corrected chi connectivity index (χ1v) is 11.7. The van der Waals surface area contributed by atoms with Gasteiger partial charge in [0.15, 0.2) is 0 Å². The Labute approximate surface area is 210 Å². The van der Waals surface area contributed by atoms with Crippen molar-refractivity contribution in [2.75, 3.05) is 32.7 Å². The lowest BCUT2D eigenvalue weighted by Gasteiger charge is -2.30. The SMILES string of the molecule is COc1cc(C)cc(OC)c1N(CCC(C)C)C(=O)N(C)C(=O)c1cc2ccccc2n1CC(=O)O. The lowest BCUT2D eigenvalue weighted by Crippen LogP contribution is -2.45. The highest BCUT2D eigenvalue weighted by atomic mass is 16.5. The molecule has 0 bridgehead atoms.